The van der Waals surface area contributed by atoms with E-state index in [1.54, 1.807) is 4.31 Å². The molecule has 268 valence electrons. The van der Waals surface area contributed by atoms with Crippen molar-refractivity contribution >= 4 is 15.8 Å². The molecule has 9 aliphatic rings. The van der Waals surface area contributed by atoms with Gasteiger partial charge in [0.25, 0.3) is 0 Å². The Morgan fingerprint density at radius 1 is 0.939 bits per heavy atom. The second kappa shape index (κ2) is 10.6. The number of ketones is 1. The van der Waals surface area contributed by atoms with Crippen molar-refractivity contribution in [1.82, 2.24) is 4.31 Å². The maximum Gasteiger partial charge on any atom is 0.211 e. The van der Waals surface area contributed by atoms with Gasteiger partial charge in [0.2, 0.25) is 10.0 Å². The van der Waals surface area contributed by atoms with Crippen LogP contribution in [0.5, 0.6) is 0 Å². The van der Waals surface area contributed by atoms with Crippen LogP contribution >= 0.6 is 0 Å². The van der Waals surface area contributed by atoms with Gasteiger partial charge >= 0.3 is 0 Å². The molecule has 1 aromatic rings. The summed E-state index contributed by atoms with van der Waals surface area (Å²) >= 11 is 0. The molecule has 9 heteroatoms. The van der Waals surface area contributed by atoms with Crippen molar-refractivity contribution < 1.29 is 32.2 Å². The van der Waals surface area contributed by atoms with Crippen LogP contribution < -0.4 is 0 Å². The molecule has 0 aliphatic heterocycles. The lowest BCUT2D eigenvalue weighted by Crippen LogP contribution is -2.67. The van der Waals surface area contributed by atoms with E-state index in [1.807, 2.05) is 0 Å². The van der Waals surface area contributed by atoms with Crippen molar-refractivity contribution in [3.8, 4) is 0 Å². The third-order valence-corrected chi connectivity index (χ3v) is 17.7. The summed E-state index contributed by atoms with van der Waals surface area (Å²) in [5.74, 6) is -1.12. The van der Waals surface area contributed by atoms with E-state index < -0.39 is 49.6 Å². The van der Waals surface area contributed by atoms with Gasteiger partial charge in [-0.05, 0) is 123 Å². The molecule has 6 fully saturated rings. The molecule has 9 aliphatic carbocycles. The molecule has 2 spiro atoms. The van der Waals surface area contributed by atoms with E-state index in [4.69, 9.17) is 0 Å². The van der Waals surface area contributed by atoms with Crippen molar-refractivity contribution in [2.45, 2.75) is 104 Å². The highest BCUT2D eigenvalue weighted by Crippen LogP contribution is 2.78. The van der Waals surface area contributed by atoms with E-state index in [0.717, 1.165) is 44.2 Å². The van der Waals surface area contributed by atoms with Crippen LogP contribution in [0.2, 0.25) is 0 Å². The fourth-order valence-electron chi connectivity index (χ4n) is 13.4. The summed E-state index contributed by atoms with van der Waals surface area (Å²) in [7, 11) is -3.63. The van der Waals surface area contributed by atoms with Gasteiger partial charge in [-0.1, -0.05) is 45.9 Å². The van der Waals surface area contributed by atoms with E-state index in [1.165, 1.54) is 12.3 Å². The maximum atomic E-state index is 14.6. The van der Waals surface area contributed by atoms with Crippen LogP contribution in [0.15, 0.2) is 42.0 Å². The van der Waals surface area contributed by atoms with Crippen molar-refractivity contribution in [3.05, 3.63) is 59.2 Å². The number of fused-ring (bicyclic) bond motifs is 3. The highest BCUT2D eigenvalue weighted by atomic mass is 32.2. The van der Waals surface area contributed by atoms with Gasteiger partial charge in [-0.3, -0.25) is 4.79 Å². The normalized spacial score (nSPS) is 46.0. The number of allylic oxidation sites excluding steroid dienone is 4. The van der Waals surface area contributed by atoms with Crippen LogP contribution in [-0.4, -0.2) is 59.8 Å². The number of sulfonamides is 1. The molecule has 4 bridgehead atoms. The van der Waals surface area contributed by atoms with Crippen LogP contribution in [0, 0.1) is 68.3 Å². The minimum Gasteiger partial charge on any atom is -0.393 e. The van der Waals surface area contributed by atoms with Gasteiger partial charge in [-0.15, -0.1) is 0 Å². The second-order valence-electron chi connectivity index (χ2n) is 18.5. The Balaban J connectivity index is 1.19. The average molecular weight is 698 g/mol. The summed E-state index contributed by atoms with van der Waals surface area (Å²) in [4.78, 5) is 14.6. The first-order chi connectivity index (χ1) is 22.8. The number of hydrogen-bond acceptors (Lipinski definition) is 5. The number of carbonyl (C=O) groups excluding carboxylic acids is 1. The maximum absolute atomic E-state index is 14.6. The summed E-state index contributed by atoms with van der Waals surface area (Å²) in [5, 5.41) is 23.8. The molecule has 0 radical (unpaired) electrons. The molecule has 0 amide bonds. The zero-order valence-corrected chi connectivity index (χ0v) is 30.5. The van der Waals surface area contributed by atoms with Gasteiger partial charge in [-0.2, -0.15) is 4.31 Å². The topological polar surface area (TPSA) is 94.9 Å². The third kappa shape index (κ3) is 4.43. The van der Waals surface area contributed by atoms with E-state index >= 15 is 0 Å². The van der Waals surface area contributed by atoms with Crippen LogP contribution in [0.3, 0.4) is 0 Å². The number of nitrogens with zero attached hydrogens (tertiary/aromatic N) is 1. The Hall–Kier alpha value is -1.94. The number of carbonyl (C=O) groups is 1. The quantitative estimate of drug-likeness (QED) is 0.235. The number of aliphatic hydroxyl groups is 2. The predicted molar refractivity (Wildman–Crippen MR) is 184 cm³/mol. The van der Waals surface area contributed by atoms with Gasteiger partial charge in [0.05, 0.1) is 18.0 Å². The lowest BCUT2D eigenvalue weighted by Gasteiger charge is -2.71. The second-order valence-corrected chi connectivity index (χ2v) is 20.5. The molecule has 6 saturated carbocycles. The number of halogens is 2. The highest BCUT2D eigenvalue weighted by molar-refractivity contribution is 7.88. The standard InChI is InChI=1S/C40H53F2NO5S/c1-35(2)26-8-6-25(28(35)19-26)22-43(49(5,47)48)23-39(46)15-12-33-37(39,4)14-11-32-36(3)13-10-27(44)20-38(36)16-17-40(32,33)29(21-38)34(45)24-7-9-30(41)31(42)18-24/h7,9,16-18,21,25-28,32-33,44,46H,6,8,10-15,19-20,22-23H2,1-5H3. The molecule has 49 heavy (non-hydrogen) atoms. The average Bonchev–Trinajstić information content (AvgIpc) is 3.31. The van der Waals surface area contributed by atoms with Crippen LogP contribution in [0.25, 0.3) is 0 Å². The van der Waals surface area contributed by atoms with Crippen LogP contribution in [0.4, 0.5) is 8.78 Å². The zero-order valence-electron chi connectivity index (χ0n) is 29.6. The van der Waals surface area contributed by atoms with Gasteiger partial charge < -0.3 is 10.2 Å². The lowest BCUT2D eigenvalue weighted by atomic mass is 9.32. The molecule has 11 atom stereocenters. The molecule has 0 saturated heterocycles. The van der Waals surface area contributed by atoms with Crippen LogP contribution in [-0.2, 0) is 10.0 Å². The monoisotopic (exact) mass is 697 g/mol. The van der Waals surface area contributed by atoms with Crippen molar-refractivity contribution in [2.24, 2.45) is 56.7 Å². The molecule has 2 N–H and O–H groups in total. The van der Waals surface area contributed by atoms with Gasteiger partial charge in [0, 0.05) is 40.5 Å². The van der Waals surface area contributed by atoms with Crippen molar-refractivity contribution in [3.63, 3.8) is 0 Å². The first-order valence-electron chi connectivity index (χ1n) is 18.6. The molecule has 10 rings (SSSR count). The van der Waals surface area contributed by atoms with Gasteiger partial charge in [-0.25, -0.2) is 17.2 Å². The third-order valence-electron chi connectivity index (χ3n) is 16.5. The SMILES string of the molecule is CC1(C)C2CCC(CN(CC3(O)CCC4C56C=CC7(C=C5C(=O)c5ccc(F)c(F)c5)CC(O)CCC7(C)C6CCC43C)S(C)(=O)=O)C1C2. The smallest absolute Gasteiger partial charge is 0.211 e. The number of hydrogen-bond donors (Lipinski definition) is 2. The van der Waals surface area contributed by atoms with Gasteiger partial charge in [0.15, 0.2) is 17.4 Å². The summed E-state index contributed by atoms with van der Waals surface area (Å²) in [6.07, 6.45) is 14.9. The molecule has 0 aromatic heterocycles. The Kier molecular flexibility index (Phi) is 7.37. The number of rotatable bonds is 7. The first-order valence-corrected chi connectivity index (χ1v) is 20.5. The lowest BCUT2D eigenvalue weighted by molar-refractivity contribution is -0.174. The Labute approximate surface area is 290 Å². The fraction of sp³-hybridized carbons (Fsp3) is 0.725. The summed E-state index contributed by atoms with van der Waals surface area (Å²) in [6.45, 7) is 9.47. The van der Waals surface area contributed by atoms with Gasteiger partial charge in [0.1, 0.15) is 0 Å². The summed E-state index contributed by atoms with van der Waals surface area (Å²) < 4.78 is 57.1. The largest absolute Gasteiger partial charge is 0.393 e. The highest BCUT2D eigenvalue weighted by Gasteiger charge is 2.74. The Morgan fingerprint density at radius 3 is 2.31 bits per heavy atom. The fourth-order valence-corrected chi connectivity index (χ4v) is 14.4. The first kappa shape index (κ1) is 34.2. The summed E-state index contributed by atoms with van der Waals surface area (Å²) in [6, 6.07) is 3.33. The Morgan fingerprint density at radius 2 is 1.63 bits per heavy atom. The van der Waals surface area contributed by atoms with Crippen molar-refractivity contribution in [2.75, 3.05) is 19.3 Å². The number of aliphatic hydroxyl groups excluding tert-OH is 1. The van der Waals surface area contributed by atoms with Crippen molar-refractivity contribution in [1.29, 1.82) is 0 Å². The van der Waals surface area contributed by atoms with Crippen LogP contribution in [0.1, 0.15) is 102 Å². The summed E-state index contributed by atoms with van der Waals surface area (Å²) in [5.41, 5.74) is -2.73. The van der Waals surface area contributed by atoms with E-state index in [9.17, 15) is 32.2 Å². The zero-order chi connectivity index (χ0) is 35.2. The molecule has 0 heterocycles. The number of benzene rings is 1. The van der Waals surface area contributed by atoms with E-state index in [0.29, 0.717) is 56.1 Å². The molecular weight excluding hydrogens is 645 g/mol. The number of Topliss-reactive ketones (excluding diaryl/α,β-unsaturated/α-hetero) is 1. The van der Waals surface area contributed by atoms with E-state index in [-0.39, 0.29) is 46.5 Å². The molecular formula is C40H53F2NO5S. The predicted octanol–water partition coefficient (Wildman–Crippen LogP) is 7.07. The molecule has 1 aromatic carbocycles. The van der Waals surface area contributed by atoms with E-state index in [2.05, 4.69) is 45.9 Å². The molecule has 11 unspecified atom stereocenters. The molecule has 6 nitrogen and oxygen atoms in total. The Bertz CT molecular complexity index is 1770. The minimum absolute atomic E-state index is 0.0277. The minimum atomic E-state index is -3.63.